The number of nitrogens with two attached hydrogens (primary N) is 1. The van der Waals surface area contributed by atoms with Gasteiger partial charge in [0.05, 0.1) is 34.6 Å². The summed E-state index contributed by atoms with van der Waals surface area (Å²) in [4.78, 5) is 20.5. The summed E-state index contributed by atoms with van der Waals surface area (Å²) in [6, 6.07) is 2.94. The monoisotopic (exact) mass is 510 g/mol. The van der Waals surface area contributed by atoms with E-state index in [1.807, 2.05) is 6.26 Å². The summed E-state index contributed by atoms with van der Waals surface area (Å²) in [6.07, 6.45) is 6.66. The average molecular weight is 511 g/mol. The fourth-order valence-corrected chi connectivity index (χ4v) is 4.27. The number of carbonyl (C=O) groups is 1. The largest absolute Gasteiger partial charge is 0.493 e. The van der Waals surface area contributed by atoms with Crippen LogP contribution in [0.15, 0.2) is 29.7 Å². The first kappa shape index (κ1) is 24.0. The molecule has 2 atom stereocenters. The lowest BCUT2D eigenvalue weighted by molar-refractivity contribution is -0.122. The fourth-order valence-electron chi connectivity index (χ4n) is 3.37. The maximum Gasteiger partial charge on any atom is 0.237 e. The van der Waals surface area contributed by atoms with Crippen molar-refractivity contribution in [3.05, 3.63) is 46.0 Å². The van der Waals surface area contributed by atoms with Crippen molar-refractivity contribution in [1.29, 1.82) is 0 Å². The van der Waals surface area contributed by atoms with Crippen LogP contribution in [0.5, 0.6) is 5.75 Å². The van der Waals surface area contributed by atoms with Crippen molar-refractivity contribution in [1.82, 2.24) is 24.9 Å². The minimum atomic E-state index is -1.20. The molecule has 0 saturated heterocycles. The molecule has 1 aromatic carbocycles. The van der Waals surface area contributed by atoms with Gasteiger partial charge in [-0.2, -0.15) is 5.10 Å². The summed E-state index contributed by atoms with van der Waals surface area (Å²) in [5.74, 6) is 0.240. The molecule has 0 aliphatic heterocycles. The van der Waals surface area contributed by atoms with Crippen LogP contribution in [0.2, 0.25) is 10.0 Å². The Hall–Kier alpha value is -2.11. The van der Waals surface area contributed by atoms with Gasteiger partial charge < -0.3 is 20.9 Å². The van der Waals surface area contributed by atoms with E-state index in [0.717, 1.165) is 12.8 Å². The van der Waals surface area contributed by atoms with Gasteiger partial charge >= 0.3 is 0 Å². The molecule has 4 N–H and O–H groups in total. The summed E-state index contributed by atoms with van der Waals surface area (Å²) in [5, 5.41) is 19.5. The van der Waals surface area contributed by atoms with Crippen LogP contribution >= 0.6 is 35.0 Å². The van der Waals surface area contributed by atoms with Gasteiger partial charge in [-0.3, -0.25) is 4.79 Å². The first-order valence-corrected chi connectivity index (χ1v) is 12.5. The predicted octanol–water partition coefficient (Wildman–Crippen LogP) is 3.00. The fraction of sp³-hybridized carbons (Fsp3) is 0.429. The lowest BCUT2D eigenvalue weighted by atomic mass is 10.1. The summed E-state index contributed by atoms with van der Waals surface area (Å²) in [7, 11) is 0. The van der Waals surface area contributed by atoms with Crippen molar-refractivity contribution in [2.75, 3.05) is 12.9 Å². The zero-order valence-electron chi connectivity index (χ0n) is 17.9. The molecule has 1 fully saturated rings. The van der Waals surface area contributed by atoms with E-state index in [9.17, 15) is 9.90 Å². The van der Waals surface area contributed by atoms with E-state index in [0.29, 0.717) is 40.5 Å². The van der Waals surface area contributed by atoms with Crippen LogP contribution in [0.3, 0.4) is 0 Å². The van der Waals surface area contributed by atoms with Gasteiger partial charge in [0.2, 0.25) is 5.91 Å². The molecule has 1 unspecified atom stereocenters. The zero-order chi connectivity index (χ0) is 23.5. The Kier molecular flexibility index (Phi) is 7.60. The molecule has 0 bridgehead atoms. The molecule has 12 heteroatoms. The number of aliphatic hydroxyl groups is 1. The van der Waals surface area contributed by atoms with Gasteiger partial charge in [-0.25, -0.2) is 14.5 Å². The molecular formula is C21H24Cl2N6O3S. The molecule has 1 aliphatic rings. The number of aromatic nitrogens is 4. The molecule has 2 aromatic heterocycles. The van der Waals surface area contributed by atoms with E-state index in [1.165, 1.54) is 28.8 Å². The molecule has 0 spiro atoms. The molecule has 1 aliphatic carbocycles. The number of aliphatic hydroxyl groups excluding tert-OH is 1. The number of imidazole rings is 1. The Morgan fingerprint density at radius 3 is 2.91 bits per heavy atom. The highest BCUT2D eigenvalue weighted by atomic mass is 35.5. The number of benzene rings is 1. The van der Waals surface area contributed by atoms with Gasteiger partial charge in [0, 0.05) is 11.6 Å². The number of halogens is 2. The molecule has 1 saturated carbocycles. The van der Waals surface area contributed by atoms with E-state index >= 15 is 0 Å². The van der Waals surface area contributed by atoms with Gasteiger partial charge in [-0.05, 0) is 44.1 Å². The minimum Gasteiger partial charge on any atom is -0.493 e. The molecular weight excluding hydrogens is 487 g/mol. The van der Waals surface area contributed by atoms with Gasteiger partial charge in [-0.15, -0.1) is 11.8 Å². The number of amides is 1. The Bertz CT molecular complexity index is 1160. The lowest BCUT2D eigenvalue weighted by Gasteiger charge is -2.19. The second-order valence-corrected chi connectivity index (χ2v) is 9.32. The third-order valence-electron chi connectivity index (χ3n) is 5.31. The molecule has 0 radical (unpaired) electrons. The Morgan fingerprint density at radius 2 is 2.18 bits per heavy atom. The highest BCUT2D eigenvalue weighted by Gasteiger charge is 2.27. The van der Waals surface area contributed by atoms with E-state index in [1.54, 1.807) is 12.1 Å². The quantitative estimate of drug-likeness (QED) is 0.280. The van der Waals surface area contributed by atoms with Crippen LogP contribution in [-0.4, -0.2) is 55.5 Å². The maximum atomic E-state index is 12.0. The summed E-state index contributed by atoms with van der Waals surface area (Å²) < 4.78 is 7.43. The van der Waals surface area contributed by atoms with Gasteiger partial charge in [0.25, 0.3) is 0 Å². The molecule has 9 nitrogen and oxygen atoms in total. The number of nitrogens with zero attached hydrogens (tertiary/aromatic N) is 4. The van der Waals surface area contributed by atoms with Crippen LogP contribution in [-0.2, 0) is 4.79 Å². The van der Waals surface area contributed by atoms with Gasteiger partial charge in [0.1, 0.15) is 23.2 Å². The number of rotatable bonds is 10. The normalized spacial score (nSPS) is 15.4. The van der Waals surface area contributed by atoms with Crippen LogP contribution < -0.4 is 15.8 Å². The predicted molar refractivity (Wildman–Crippen MR) is 127 cm³/mol. The highest BCUT2D eigenvalue weighted by Crippen LogP contribution is 2.40. The Morgan fingerprint density at radius 1 is 1.39 bits per heavy atom. The second kappa shape index (κ2) is 10.4. The van der Waals surface area contributed by atoms with Crippen LogP contribution in [0.4, 0.5) is 0 Å². The van der Waals surface area contributed by atoms with Crippen molar-refractivity contribution in [2.45, 2.75) is 48.9 Å². The third-order valence-corrected chi connectivity index (χ3v) is 6.81. The second-order valence-electron chi connectivity index (χ2n) is 7.74. The number of carbonyl (C=O) groups excluding carboxylic acids is 1. The smallest absolute Gasteiger partial charge is 0.237 e. The topological polar surface area (TPSA) is 128 Å². The molecule has 33 heavy (non-hydrogen) atoms. The molecule has 4 rings (SSSR count). The minimum absolute atomic E-state index is 0.137. The van der Waals surface area contributed by atoms with Crippen molar-refractivity contribution in [3.63, 3.8) is 0 Å². The highest BCUT2D eigenvalue weighted by molar-refractivity contribution is 7.98. The van der Waals surface area contributed by atoms with Gasteiger partial charge in [0.15, 0.2) is 5.65 Å². The summed E-state index contributed by atoms with van der Waals surface area (Å²) in [6.45, 7) is 0.286. The van der Waals surface area contributed by atoms with Gasteiger partial charge in [-0.1, -0.05) is 23.2 Å². The van der Waals surface area contributed by atoms with Crippen LogP contribution in [0.25, 0.3) is 5.65 Å². The molecule has 3 aromatic rings. The van der Waals surface area contributed by atoms with Crippen molar-refractivity contribution >= 4 is 46.5 Å². The lowest BCUT2D eigenvalue weighted by Crippen LogP contribution is -2.41. The number of thioether (sulfide) groups is 1. The first-order chi connectivity index (χ1) is 15.9. The van der Waals surface area contributed by atoms with Crippen molar-refractivity contribution in [2.24, 2.45) is 5.73 Å². The van der Waals surface area contributed by atoms with Crippen molar-refractivity contribution < 1.29 is 14.6 Å². The van der Waals surface area contributed by atoms with E-state index in [-0.39, 0.29) is 28.6 Å². The van der Waals surface area contributed by atoms with Crippen molar-refractivity contribution in [3.8, 4) is 5.75 Å². The number of hydrogen-bond acceptors (Lipinski definition) is 8. The number of nitrogens with one attached hydrogen (secondary N) is 1. The Balaban J connectivity index is 1.49. The molecule has 1 amide bonds. The molecule has 176 valence electrons. The summed E-state index contributed by atoms with van der Waals surface area (Å²) in [5.41, 5.74) is 7.20. The average Bonchev–Trinajstić information content (AvgIpc) is 3.52. The van der Waals surface area contributed by atoms with Crippen LogP contribution in [0.1, 0.15) is 43.0 Å². The third kappa shape index (κ3) is 5.36. The number of fused-ring (bicyclic) bond motifs is 1. The van der Waals surface area contributed by atoms with E-state index in [2.05, 4.69) is 20.4 Å². The Labute approximate surface area is 205 Å². The number of ether oxygens (including phenoxy) is 1. The van der Waals surface area contributed by atoms with Crippen LogP contribution in [0, 0.1) is 0 Å². The van der Waals surface area contributed by atoms with E-state index < -0.39 is 12.1 Å². The molecule has 2 heterocycles. The number of hydrogen-bond donors (Lipinski definition) is 3. The summed E-state index contributed by atoms with van der Waals surface area (Å²) >= 11 is 14.1. The van der Waals surface area contributed by atoms with E-state index in [4.69, 9.17) is 33.7 Å². The zero-order valence-corrected chi connectivity index (χ0v) is 20.2. The maximum absolute atomic E-state index is 12.0. The first-order valence-electron chi connectivity index (χ1n) is 10.5. The standard InChI is InChI=1S/C21H24Cl2N6O3S/c1-33-21-19-25-9-14(29(19)27-10-26-21)18(30)16-15(7-6-12(22)17(16)23)32-8-2-3-13(24)20(31)28-11-4-5-11/h6-7,9-11,13,18,30H,2-5,8,24H2,1H3,(H,28,31)/t13-,18?/m1/s1. The SMILES string of the molecule is CSc1ncnn2c(C(O)c3c(OCCC[C@@H](N)C(=O)NC4CC4)ccc(Cl)c3Cl)cnc12.